The van der Waals surface area contributed by atoms with Gasteiger partial charge in [0, 0.05) is 0 Å². The Labute approximate surface area is 194 Å². The van der Waals surface area contributed by atoms with Gasteiger partial charge in [-0.05, 0) is 58.8 Å². The van der Waals surface area contributed by atoms with Gasteiger partial charge in [-0.15, -0.1) is 0 Å². The molecule has 3 aromatic rings. The molecule has 0 spiro atoms. The largest absolute Gasteiger partial charge is 1.00 e. The van der Waals surface area contributed by atoms with Crippen molar-refractivity contribution in [1.29, 1.82) is 0 Å². The molecule has 0 saturated heterocycles. The number of anilines is 1. The first-order chi connectivity index (χ1) is 12.0. The molecular formula is C18H15KN2O4S. The number of hydrogen-bond acceptors (Lipinski definition) is 6. The quantitative estimate of drug-likeness (QED) is 0.289. The molecule has 0 fully saturated rings. The Balaban J connectivity index is 0.00000243. The predicted molar refractivity (Wildman–Crippen MR) is 96.1 cm³/mol. The van der Waals surface area contributed by atoms with Gasteiger partial charge in [-0.1, -0.05) is 18.2 Å². The summed E-state index contributed by atoms with van der Waals surface area (Å²) in [7, 11) is -2.80. The van der Waals surface area contributed by atoms with Crippen molar-refractivity contribution in [3.05, 3.63) is 66.2 Å². The molecule has 0 atom stereocenters. The molecule has 3 aromatic carbocycles. The molecule has 0 aromatic heterocycles. The van der Waals surface area contributed by atoms with Crippen LogP contribution in [0.1, 0.15) is 5.56 Å². The van der Waals surface area contributed by atoms with E-state index in [1.807, 2.05) is 36.4 Å². The van der Waals surface area contributed by atoms with Crippen LogP contribution in [0.5, 0.6) is 5.75 Å². The molecule has 8 heteroatoms. The van der Waals surface area contributed by atoms with E-state index in [9.17, 15) is 13.0 Å². The number of methoxy groups -OCH3 is 1. The molecule has 6 nitrogen and oxygen atoms in total. The second-order valence-electron chi connectivity index (χ2n) is 5.32. The first-order valence-corrected chi connectivity index (χ1v) is 8.79. The van der Waals surface area contributed by atoms with Gasteiger partial charge in [0.25, 0.3) is 0 Å². The Morgan fingerprint density at radius 3 is 2.31 bits per heavy atom. The normalized spacial score (nSPS) is 11.3. The number of fused-ring (bicyclic) bond motifs is 1. The first-order valence-electron chi connectivity index (χ1n) is 7.38. The zero-order chi connectivity index (χ0) is 17.9. The minimum Gasteiger partial charge on any atom is -0.744 e. The van der Waals surface area contributed by atoms with E-state index in [0.29, 0.717) is 5.69 Å². The number of nitrogens with zero attached hydrogens (tertiary/aromatic N) is 1. The van der Waals surface area contributed by atoms with E-state index in [2.05, 4.69) is 10.5 Å². The number of rotatable bonds is 5. The van der Waals surface area contributed by atoms with Crippen molar-refractivity contribution in [2.75, 3.05) is 12.5 Å². The molecule has 128 valence electrons. The molecule has 26 heavy (non-hydrogen) atoms. The van der Waals surface area contributed by atoms with Crippen LogP contribution < -0.4 is 61.5 Å². The maximum atomic E-state index is 10.9. The average molecular weight is 394 g/mol. The Morgan fingerprint density at radius 2 is 1.65 bits per heavy atom. The fourth-order valence-electron chi connectivity index (χ4n) is 2.33. The average Bonchev–Trinajstić information content (AvgIpc) is 2.61. The predicted octanol–water partition coefficient (Wildman–Crippen LogP) is 0.202. The molecule has 0 aliphatic heterocycles. The van der Waals surface area contributed by atoms with Crippen molar-refractivity contribution >= 4 is 32.8 Å². The zero-order valence-corrected chi connectivity index (χ0v) is 18.3. The van der Waals surface area contributed by atoms with Gasteiger partial charge >= 0.3 is 51.4 Å². The first kappa shape index (κ1) is 21.0. The molecule has 1 N–H and O–H groups in total. The number of ether oxygens (including phenoxy) is 1. The van der Waals surface area contributed by atoms with E-state index >= 15 is 0 Å². The van der Waals surface area contributed by atoms with Gasteiger partial charge in [0.05, 0.1) is 23.9 Å². The molecule has 0 aliphatic rings. The van der Waals surface area contributed by atoms with Crippen LogP contribution in [0.15, 0.2) is 70.7 Å². The van der Waals surface area contributed by atoms with Crippen LogP contribution in [0.25, 0.3) is 10.8 Å². The van der Waals surface area contributed by atoms with E-state index in [0.717, 1.165) is 22.1 Å². The number of nitrogens with one attached hydrogen (secondary N) is 1. The van der Waals surface area contributed by atoms with Crippen molar-refractivity contribution < 1.29 is 69.1 Å². The smallest absolute Gasteiger partial charge is 0.744 e. The Morgan fingerprint density at radius 1 is 1.00 bits per heavy atom. The van der Waals surface area contributed by atoms with Gasteiger partial charge in [-0.2, -0.15) is 5.10 Å². The third kappa shape index (κ3) is 5.37. The fourth-order valence-corrected chi connectivity index (χ4v) is 2.80. The van der Waals surface area contributed by atoms with Gasteiger partial charge in [0.15, 0.2) is 0 Å². The Bertz CT molecular complexity index is 1030. The summed E-state index contributed by atoms with van der Waals surface area (Å²) in [6, 6.07) is 17.2. The number of hydrogen-bond donors (Lipinski definition) is 1. The summed E-state index contributed by atoms with van der Waals surface area (Å²) in [6.07, 6.45) is 1.65. The van der Waals surface area contributed by atoms with Gasteiger partial charge in [0.2, 0.25) is 0 Å². The molecule has 0 saturated carbocycles. The second kappa shape index (κ2) is 9.09. The van der Waals surface area contributed by atoms with Crippen LogP contribution >= 0.6 is 0 Å². The molecule has 0 aliphatic carbocycles. The van der Waals surface area contributed by atoms with E-state index in [1.165, 1.54) is 24.3 Å². The van der Waals surface area contributed by atoms with Gasteiger partial charge in [0.1, 0.15) is 15.9 Å². The van der Waals surface area contributed by atoms with Crippen LogP contribution in [-0.4, -0.2) is 26.3 Å². The maximum Gasteiger partial charge on any atom is 1.00 e. The van der Waals surface area contributed by atoms with E-state index < -0.39 is 10.1 Å². The fraction of sp³-hybridized carbons (Fsp3) is 0.0556. The van der Waals surface area contributed by atoms with Crippen LogP contribution in [0.2, 0.25) is 0 Å². The van der Waals surface area contributed by atoms with E-state index in [1.54, 1.807) is 13.3 Å². The summed E-state index contributed by atoms with van der Waals surface area (Å²) < 4.78 is 37.8. The van der Waals surface area contributed by atoms with Crippen LogP contribution in [0.3, 0.4) is 0 Å². The molecule has 0 radical (unpaired) electrons. The molecular weight excluding hydrogens is 379 g/mol. The summed E-state index contributed by atoms with van der Waals surface area (Å²) in [5.74, 6) is 0.805. The van der Waals surface area contributed by atoms with Crippen LogP contribution in [0.4, 0.5) is 5.69 Å². The summed E-state index contributed by atoms with van der Waals surface area (Å²) in [6.45, 7) is 0. The second-order valence-corrected chi connectivity index (χ2v) is 6.70. The van der Waals surface area contributed by atoms with Crippen molar-refractivity contribution in [3.63, 3.8) is 0 Å². The minimum atomic E-state index is -4.43. The summed E-state index contributed by atoms with van der Waals surface area (Å²) in [4.78, 5) is -0.271. The Kier molecular flexibility index (Phi) is 7.36. The van der Waals surface area contributed by atoms with Crippen molar-refractivity contribution in [1.82, 2.24) is 0 Å². The number of benzene rings is 3. The third-order valence-electron chi connectivity index (χ3n) is 3.62. The van der Waals surface area contributed by atoms with Crippen molar-refractivity contribution in [3.8, 4) is 5.75 Å². The van der Waals surface area contributed by atoms with Gasteiger partial charge in [-0.25, -0.2) is 8.42 Å². The molecule has 3 rings (SSSR count). The summed E-state index contributed by atoms with van der Waals surface area (Å²) >= 11 is 0. The zero-order valence-electron chi connectivity index (χ0n) is 14.3. The topological polar surface area (TPSA) is 90.8 Å². The third-order valence-corrected chi connectivity index (χ3v) is 4.47. The van der Waals surface area contributed by atoms with E-state index in [-0.39, 0.29) is 56.3 Å². The molecule has 0 bridgehead atoms. The number of hydrazone groups is 1. The minimum absolute atomic E-state index is 0. The van der Waals surface area contributed by atoms with Crippen LogP contribution in [0, 0.1) is 0 Å². The standard InChI is InChI=1S/C18H16N2O4S.K/c1-24-17-7-4-14-10-13(2-3-15(14)11-17)12-19-20-16-5-8-18(9-6-16)25(21,22)23;/h2-12,20H,1H3,(H,21,22,23);/q;+1/p-1/b19-12+;. The van der Waals surface area contributed by atoms with Crippen molar-refractivity contribution in [2.24, 2.45) is 5.10 Å². The molecule has 0 amide bonds. The monoisotopic (exact) mass is 394 g/mol. The Hall–Kier alpha value is -1.26. The summed E-state index contributed by atoms with van der Waals surface area (Å²) in [5, 5.41) is 6.25. The van der Waals surface area contributed by atoms with E-state index in [4.69, 9.17) is 4.74 Å². The molecule has 0 heterocycles. The SMILES string of the molecule is COc1ccc2cc(/C=N/Nc3ccc(S(=O)(=O)[O-])cc3)ccc2c1.[K+]. The summed E-state index contributed by atoms with van der Waals surface area (Å²) in [5.41, 5.74) is 4.28. The van der Waals surface area contributed by atoms with Crippen LogP contribution in [-0.2, 0) is 10.1 Å². The maximum absolute atomic E-state index is 10.9. The molecule has 0 unspecified atom stereocenters. The van der Waals surface area contributed by atoms with Gasteiger partial charge < -0.3 is 9.29 Å². The van der Waals surface area contributed by atoms with Crippen molar-refractivity contribution in [2.45, 2.75) is 4.90 Å². The van der Waals surface area contributed by atoms with Gasteiger partial charge in [-0.3, -0.25) is 5.43 Å².